The molecule has 2 heterocycles. The summed E-state index contributed by atoms with van der Waals surface area (Å²) in [7, 11) is 0. The Morgan fingerprint density at radius 2 is 2.42 bits per heavy atom. The van der Waals surface area contributed by atoms with Gasteiger partial charge in [0.2, 0.25) is 0 Å². The molecule has 0 radical (unpaired) electrons. The van der Waals surface area contributed by atoms with Gasteiger partial charge in [-0.1, -0.05) is 6.92 Å². The van der Waals surface area contributed by atoms with Crippen LogP contribution >= 0.6 is 11.3 Å². The molecule has 0 aromatic carbocycles. The van der Waals surface area contributed by atoms with E-state index in [1.807, 2.05) is 5.38 Å². The first-order chi connectivity index (χ1) is 9.24. The quantitative estimate of drug-likeness (QED) is 0.924. The fourth-order valence-corrected chi connectivity index (χ4v) is 4.22. The number of hydrogen-bond acceptors (Lipinski definition) is 3. The maximum atomic E-state index is 12.3. The van der Waals surface area contributed by atoms with Gasteiger partial charge in [-0.05, 0) is 43.6 Å². The molecule has 3 rings (SSSR count). The number of nitrogens with one attached hydrogen (secondary N) is 1. The van der Waals surface area contributed by atoms with E-state index in [0.29, 0.717) is 6.54 Å². The van der Waals surface area contributed by atoms with Crippen LogP contribution in [0.25, 0.3) is 0 Å². The average Bonchev–Trinajstić information content (AvgIpc) is 3.04. The first kappa shape index (κ1) is 13.1. The highest BCUT2D eigenvalue weighted by Gasteiger charge is 2.24. The Kier molecular flexibility index (Phi) is 3.89. The van der Waals surface area contributed by atoms with Crippen molar-refractivity contribution in [3.63, 3.8) is 0 Å². The molecule has 3 nitrogen and oxygen atoms in total. The predicted octanol–water partition coefficient (Wildman–Crippen LogP) is 2.78. The lowest BCUT2D eigenvalue weighted by molar-refractivity contribution is 0.0857. The molecule has 1 aliphatic heterocycles. The standard InChI is InChI=1S/C15H21NO2S/c1-10-4-5-12-13(9-19-14(12)7-10)15(17)16-8-11-3-2-6-18-11/h9-11H,2-8H2,1H3,(H,16,17)/t10-,11+/m0/s1. The lowest BCUT2D eigenvalue weighted by Crippen LogP contribution is -2.32. The molecule has 104 valence electrons. The monoisotopic (exact) mass is 279 g/mol. The van der Waals surface area contributed by atoms with E-state index in [-0.39, 0.29) is 12.0 Å². The average molecular weight is 279 g/mol. The van der Waals surface area contributed by atoms with Crippen LogP contribution in [0.2, 0.25) is 0 Å². The molecule has 2 atom stereocenters. The van der Waals surface area contributed by atoms with Crippen LogP contribution in [0.5, 0.6) is 0 Å². The lowest BCUT2D eigenvalue weighted by Gasteiger charge is -2.19. The maximum Gasteiger partial charge on any atom is 0.252 e. The van der Waals surface area contributed by atoms with Crippen LogP contribution in [0.1, 0.15) is 47.0 Å². The highest BCUT2D eigenvalue weighted by molar-refractivity contribution is 7.10. The van der Waals surface area contributed by atoms with E-state index < -0.39 is 0 Å². The first-order valence-corrected chi connectivity index (χ1v) is 8.11. The minimum absolute atomic E-state index is 0.0857. The first-order valence-electron chi connectivity index (χ1n) is 7.23. The molecular weight excluding hydrogens is 258 g/mol. The van der Waals surface area contributed by atoms with Crippen molar-refractivity contribution in [2.75, 3.05) is 13.2 Å². The van der Waals surface area contributed by atoms with Gasteiger partial charge in [0.25, 0.3) is 5.91 Å². The van der Waals surface area contributed by atoms with E-state index in [2.05, 4.69) is 12.2 Å². The summed E-state index contributed by atoms with van der Waals surface area (Å²) < 4.78 is 5.54. The van der Waals surface area contributed by atoms with Gasteiger partial charge in [-0.15, -0.1) is 11.3 Å². The van der Waals surface area contributed by atoms with E-state index in [1.165, 1.54) is 16.9 Å². The third-order valence-electron chi connectivity index (χ3n) is 4.16. The summed E-state index contributed by atoms with van der Waals surface area (Å²) in [5.74, 6) is 0.844. The fraction of sp³-hybridized carbons (Fsp3) is 0.667. The molecule has 0 bridgehead atoms. The van der Waals surface area contributed by atoms with Gasteiger partial charge in [0, 0.05) is 23.4 Å². The van der Waals surface area contributed by atoms with Crippen LogP contribution in [0.4, 0.5) is 0 Å². The Morgan fingerprint density at radius 3 is 3.21 bits per heavy atom. The summed E-state index contributed by atoms with van der Waals surface area (Å²) in [5, 5.41) is 5.07. The predicted molar refractivity (Wildman–Crippen MR) is 76.8 cm³/mol. The molecule has 0 spiro atoms. The van der Waals surface area contributed by atoms with E-state index in [0.717, 1.165) is 43.8 Å². The maximum absolute atomic E-state index is 12.3. The van der Waals surface area contributed by atoms with E-state index in [1.54, 1.807) is 11.3 Å². The zero-order valence-electron chi connectivity index (χ0n) is 11.4. The van der Waals surface area contributed by atoms with Crippen molar-refractivity contribution in [3.8, 4) is 0 Å². The Balaban J connectivity index is 1.63. The van der Waals surface area contributed by atoms with Crippen molar-refractivity contribution in [1.82, 2.24) is 5.32 Å². The molecule has 1 amide bonds. The summed E-state index contributed by atoms with van der Waals surface area (Å²) in [4.78, 5) is 13.7. The number of carbonyl (C=O) groups is 1. The number of amides is 1. The molecule has 0 unspecified atom stereocenters. The van der Waals surface area contributed by atoms with Gasteiger partial charge < -0.3 is 10.1 Å². The summed E-state index contributed by atoms with van der Waals surface area (Å²) in [6, 6.07) is 0. The van der Waals surface area contributed by atoms with E-state index >= 15 is 0 Å². The number of fused-ring (bicyclic) bond motifs is 1. The highest BCUT2D eigenvalue weighted by atomic mass is 32.1. The smallest absolute Gasteiger partial charge is 0.252 e. The largest absolute Gasteiger partial charge is 0.376 e. The second kappa shape index (κ2) is 5.63. The summed E-state index contributed by atoms with van der Waals surface area (Å²) in [6.45, 7) is 3.78. The zero-order valence-corrected chi connectivity index (χ0v) is 12.2. The van der Waals surface area contributed by atoms with Crippen LogP contribution < -0.4 is 5.32 Å². The number of ether oxygens (including phenoxy) is 1. The van der Waals surface area contributed by atoms with Crippen LogP contribution in [0.15, 0.2) is 5.38 Å². The van der Waals surface area contributed by atoms with E-state index in [4.69, 9.17) is 4.74 Å². The fourth-order valence-electron chi connectivity index (χ4n) is 2.97. The molecule has 1 fully saturated rings. The topological polar surface area (TPSA) is 38.3 Å². The van der Waals surface area contributed by atoms with Crippen LogP contribution in [0, 0.1) is 5.92 Å². The summed E-state index contributed by atoms with van der Waals surface area (Å²) in [6.07, 6.45) is 5.81. The molecule has 0 saturated carbocycles. The third-order valence-corrected chi connectivity index (χ3v) is 5.21. The zero-order chi connectivity index (χ0) is 13.2. The summed E-state index contributed by atoms with van der Waals surface area (Å²) >= 11 is 1.75. The summed E-state index contributed by atoms with van der Waals surface area (Å²) in [5.41, 5.74) is 2.21. The molecule has 1 aliphatic carbocycles. The number of hydrogen-bond donors (Lipinski definition) is 1. The molecular formula is C15H21NO2S. The second-order valence-electron chi connectivity index (χ2n) is 5.74. The lowest BCUT2D eigenvalue weighted by atomic mass is 9.88. The number of carbonyl (C=O) groups excluding carboxylic acids is 1. The Labute approximate surface area is 118 Å². The minimum Gasteiger partial charge on any atom is -0.376 e. The number of thiophene rings is 1. The normalized spacial score (nSPS) is 26.2. The van der Waals surface area contributed by atoms with E-state index in [9.17, 15) is 4.79 Å². The van der Waals surface area contributed by atoms with Crippen molar-refractivity contribution in [1.29, 1.82) is 0 Å². The van der Waals surface area contributed by atoms with Gasteiger partial charge in [-0.3, -0.25) is 4.79 Å². The van der Waals surface area contributed by atoms with Gasteiger partial charge in [0.05, 0.1) is 11.7 Å². The minimum atomic E-state index is 0.0857. The van der Waals surface area contributed by atoms with Crippen molar-refractivity contribution in [3.05, 3.63) is 21.4 Å². The molecule has 1 saturated heterocycles. The molecule has 4 heteroatoms. The van der Waals surface area contributed by atoms with Crippen molar-refractivity contribution in [2.45, 2.75) is 45.1 Å². The van der Waals surface area contributed by atoms with Crippen LogP contribution in [0.3, 0.4) is 0 Å². The Hall–Kier alpha value is -0.870. The molecule has 19 heavy (non-hydrogen) atoms. The van der Waals surface area contributed by atoms with Crippen LogP contribution in [-0.2, 0) is 17.6 Å². The van der Waals surface area contributed by atoms with Crippen LogP contribution in [-0.4, -0.2) is 25.2 Å². The highest BCUT2D eigenvalue weighted by Crippen LogP contribution is 2.32. The van der Waals surface area contributed by atoms with Gasteiger partial charge in [-0.2, -0.15) is 0 Å². The van der Waals surface area contributed by atoms with Gasteiger partial charge in [0.15, 0.2) is 0 Å². The van der Waals surface area contributed by atoms with Gasteiger partial charge >= 0.3 is 0 Å². The molecule has 1 N–H and O–H groups in total. The Bertz CT molecular complexity index is 463. The second-order valence-corrected chi connectivity index (χ2v) is 6.71. The van der Waals surface area contributed by atoms with Crippen molar-refractivity contribution < 1.29 is 9.53 Å². The van der Waals surface area contributed by atoms with Crippen molar-refractivity contribution in [2.24, 2.45) is 5.92 Å². The van der Waals surface area contributed by atoms with Gasteiger partial charge in [0.1, 0.15) is 0 Å². The molecule has 1 aromatic rings. The van der Waals surface area contributed by atoms with Gasteiger partial charge in [-0.25, -0.2) is 0 Å². The molecule has 2 aliphatic rings. The number of rotatable bonds is 3. The third kappa shape index (κ3) is 2.84. The SMILES string of the molecule is C[C@H]1CCc2c(C(=O)NC[C@H]3CCCO3)csc2C1. The Morgan fingerprint density at radius 1 is 1.53 bits per heavy atom. The van der Waals surface area contributed by atoms with Crippen molar-refractivity contribution >= 4 is 17.2 Å². The molecule has 1 aromatic heterocycles.